The van der Waals surface area contributed by atoms with Crippen molar-refractivity contribution in [2.24, 2.45) is 0 Å². The molecule has 3 rings (SSSR count). The van der Waals surface area contributed by atoms with Gasteiger partial charge in [-0.1, -0.05) is 0 Å². The van der Waals surface area contributed by atoms with Crippen molar-refractivity contribution in [3.05, 3.63) is 18.5 Å². The van der Waals surface area contributed by atoms with Gasteiger partial charge in [-0.3, -0.25) is 0 Å². The van der Waals surface area contributed by atoms with E-state index in [4.69, 9.17) is 19.4 Å². The van der Waals surface area contributed by atoms with Crippen LogP contribution < -0.4 is 19.7 Å². The molecule has 1 aliphatic rings. The SMILES string of the molecule is CNC1CCN(c2ncnc3cc(OC)c(OC)cc23)C1.O=C(O)C(F)(F)F. The minimum atomic E-state index is -5.08. The summed E-state index contributed by atoms with van der Waals surface area (Å²) in [5.74, 6) is -0.416. The number of aromatic nitrogens is 2. The summed E-state index contributed by atoms with van der Waals surface area (Å²) < 4.78 is 42.5. The van der Waals surface area contributed by atoms with Gasteiger partial charge in [0.05, 0.1) is 19.7 Å². The predicted molar refractivity (Wildman–Crippen MR) is 96.0 cm³/mol. The smallest absolute Gasteiger partial charge is 0.490 e. The molecule has 2 aromatic rings. The fraction of sp³-hybridized carbons (Fsp3) is 0.471. The number of alkyl halides is 3. The fourth-order valence-corrected chi connectivity index (χ4v) is 2.81. The first-order valence-corrected chi connectivity index (χ1v) is 8.30. The van der Waals surface area contributed by atoms with Crippen molar-refractivity contribution >= 4 is 22.7 Å². The zero-order valence-corrected chi connectivity index (χ0v) is 15.6. The number of benzene rings is 1. The first kappa shape index (κ1) is 21.5. The quantitative estimate of drug-likeness (QED) is 0.803. The summed E-state index contributed by atoms with van der Waals surface area (Å²) in [4.78, 5) is 20.0. The number of carboxylic acids is 1. The van der Waals surface area contributed by atoms with E-state index in [1.165, 1.54) is 0 Å². The minimum absolute atomic E-state index is 0.509. The standard InChI is InChI=1S/C15H20N4O2.C2HF3O2/c1-16-10-4-5-19(8-10)15-11-6-13(20-2)14(21-3)7-12(11)17-9-18-15;3-2(4,5)1(6)7/h6-7,9-10,16H,4-5,8H2,1-3H3;(H,6,7). The van der Waals surface area contributed by atoms with Crippen molar-refractivity contribution in [1.29, 1.82) is 0 Å². The Morgan fingerprint density at radius 3 is 2.36 bits per heavy atom. The molecule has 154 valence electrons. The molecule has 1 saturated heterocycles. The predicted octanol–water partition coefficient (Wildman–Crippen LogP) is 2.08. The third kappa shape index (κ3) is 4.91. The molecule has 11 heteroatoms. The average molecular weight is 402 g/mol. The van der Waals surface area contributed by atoms with Crippen LogP contribution in [-0.2, 0) is 4.79 Å². The molecule has 2 N–H and O–H groups in total. The molecule has 0 aliphatic carbocycles. The number of hydrogen-bond donors (Lipinski definition) is 2. The molecule has 1 aromatic carbocycles. The fourth-order valence-electron chi connectivity index (χ4n) is 2.81. The van der Waals surface area contributed by atoms with E-state index >= 15 is 0 Å². The number of halogens is 3. The van der Waals surface area contributed by atoms with Crippen LogP contribution in [0.4, 0.5) is 19.0 Å². The summed E-state index contributed by atoms with van der Waals surface area (Å²) in [7, 11) is 5.27. The van der Waals surface area contributed by atoms with Gasteiger partial charge in [0.15, 0.2) is 11.5 Å². The largest absolute Gasteiger partial charge is 0.493 e. The van der Waals surface area contributed by atoms with Gasteiger partial charge in [0.1, 0.15) is 12.1 Å². The number of methoxy groups -OCH3 is 2. The van der Waals surface area contributed by atoms with Gasteiger partial charge in [-0.2, -0.15) is 13.2 Å². The first-order chi connectivity index (χ1) is 13.2. The molecule has 1 aliphatic heterocycles. The first-order valence-electron chi connectivity index (χ1n) is 8.30. The van der Waals surface area contributed by atoms with Crippen LogP contribution in [0.3, 0.4) is 0 Å². The number of carbonyl (C=O) groups is 1. The molecule has 1 unspecified atom stereocenters. The highest BCUT2D eigenvalue weighted by Crippen LogP contribution is 2.35. The molecule has 0 bridgehead atoms. The number of hydrogen-bond acceptors (Lipinski definition) is 7. The van der Waals surface area contributed by atoms with Crippen molar-refractivity contribution in [3.63, 3.8) is 0 Å². The molecule has 0 spiro atoms. The van der Waals surface area contributed by atoms with Crippen LogP contribution in [0.15, 0.2) is 18.5 Å². The molecular weight excluding hydrogens is 381 g/mol. The van der Waals surface area contributed by atoms with Gasteiger partial charge in [0, 0.05) is 30.6 Å². The minimum Gasteiger partial charge on any atom is -0.493 e. The number of ether oxygens (including phenoxy) is 2. The van der Waals surface area contributed by atoms with Crippen molar-refractivity contribution in [1.82, 2.24) is 15.3 Å². The molecule has 0 amide bonds. The monoisotopic (exact) mass is 402 g/mol. The number of fused-ring (bicyclic) bond motifs is 1. The zero-order chi connectivity index (χ0) is 20.9. The Hall–Kier alpha value is -2.82. The summed E-state index contributed by atoms with van der Waals surface area (Å²) in [6.07, 6.45) is -2.36. The number of rotatable bonds is 4. The van der Waals surface area contributed by atoms with Crippen molar-refractivity contribution in [2.45, 2.75) is 18.6 Å². The van der Waals surface area contributed by atoms with E-state index in [0.29, 0.717) is 17.5 Å². The highest BCUT2D eigenvalue weighted by molar-refractivity contribution is 5.92. The number of likely N-dealkylation sites (N-methyl/N-ethyl adjacent to an activating group) is 1. The molecule has 1 fully saturated rings. The van der Waals surface area contributed by atoms with E-state index in [-0.39, 0.29) is 0 Å². The Morgan fingerprint density at radius 1 is 1.25 bits per heavy atom. The Kier molecular flexibility index (Phi) is 6.84. The molecule has 0 radical (unpaired) electrons. The van der Waals surface area contributed by atoms with E-state index in [1.54, 1.807) is 20.5 Å². The van der Waals surface area contributed by atoms with Gasteiger partial charge in [0.2, 0.25) is 0 Å². The summed E-state index contributed by atoms with van der Waals surface area (Å²) >= 11 is 0. The number of aliphatic carboxylic acids is 1. The lowest BCUT2D eigenvalue weighted by Crippen LogP contribution is -2.30. The maximum atomic E-state index is 10.6. The second-order valence-electron chi connectivity index (χ2n) is 5.94. The molecule has 1 atom stereocenters. The van der Waals surface area contributed by atoms with E-state index in [9.17, 15) is 13.2 Å². The van der Waals surface area contributed by atoms with Crippen molar-refractivity contribution in [3.8, 4) is 11.5 Å². The van der Waals surface area contributed by atoms with Crippen LogP contribution in [0.5, 0.6) is 11.5 Å². The number of nitrogens with one attached hydrogen (secondary N) is 1. The molecular formula is C17H21F3N4O4. The highest BCUT2D eigenvalue weighted by atomic mass is 19.4. The second-order valence-corrected chi connectivity index (χ2v) is 5.94. The van der Waals surface area contributed by atoms with Crippen LogP contribution in [0.1, 0.15) is 6.42 Å². The molecule has 0 saturated carbocycles. The highest BCUT2D eigenvalue weighted by Gasteiger charge is 2.38. The van der Waals surface area contributed by atoms with Crippen LogP contribution in [-0.4, -0.2) is 67.6 Å². The van der Waals surface area contributed by atoms with Crippen molar-refractivity contribution in [2.75, 3.05) is 39.3 Å². The lowest BCUT2D eigenvalue weighted by molar-refractivity contribution is -0.192. The van der Waals surface area contributed by atoms with Gasteiger partial charge in [-0.05, 0) is 19.5 Å². The van der Waals surface area contributed by atoms with E-state index in [0.717, 1.165) is 36.2 Å². The Labute approximate surface area is 159 Å². The third-order valence-electron chi connectivity index (χ3n) is 4.26. The number of carboxylic acid groups (broad SMARTS) is 1. The molecule has 8 nitrogen and oxygen atoms in total. The van der Waals surface area contributed by atoms with Crippen molar-refractivity contribution < 1.29 is 32.5 Å². The third-order valence-corrected chi connectivity index (χ3v) is 4.26. The lowest BCUT2D eigenvalue weighted by atomic mass is 10.2. The summed E-state index contributed by atoms with van der Waals surface area (Å²) in [5.41, 5.74) is 0.866. The Balaban J connectivity index is 0.000000345. The van der Waals surface area contributed by atoms with E-state index < -0.39 is 12.1 Å². The summed E-state index contributed by atoms with van der Waals surface area (Å²) in [6.45, 7) is 1.95. The maximum absolute atomic E-state index is 10.6. The number of nitrogens with zero attached hydrogens (tertiary/aromatic N) is 3. The topological polar surface area (TPSA) is 96.8 Å². The van der Waals surface area contributed by atoms with E-state index in [2.05, 4.69) is 20.2 Å². The molecule has 1 aromatic heterocycles. The average Bonchev–Trinajstić information content (AvgIpc) is 3.15. The van der Waals surface area contributed by atoms with Gasteiger partial charge < -0.3 is 24.8 Å². The second kappa shape index (κ2) is 8.91. The number of anilines is 1. The Bertz CT molecular complexity index is 832. The van der Waals surface area contributed by atoms with Crippen LogP contribution in [0.2, 0.25) is 0 Å². The van der Waals surface area contributed by atoms with Crippen LogP contribution in [0.25, 0.3) is 10.9 Å². The summed E-state index contributed by atoms with van der Waals surface area (Å²) in [6, 6.07) is 4.36. The molecule has 28 heavy (non-hydrogen) atoms. The zero-order valence-electron chi connectivity index (χ0n) is 15.6. The Morgan fingerprint density at radius 2 is 1.86 bits per heavy atom. The lowest BCUT2D eigenvalue weighted by Gasteiger charge is -2.19. The molecule has 2 heterocycles. The normalized spacial score (nSPS) is 16.5. The van der Waals surface area contributed by atoms with Gasteiger partial charge in [-0.25, -0.2) is 14.8 Å². The van der Waals surface area contributed by atoms with Gasteiger partial charge >= 0.3 is 12.1 Å². The summed E-state index contributed by atoms with van der Waals surface area (Å²) in [5, 5.41) is 11.4. The van der Waals surface area contributed by atoms with E-state index in [1.807, 2.05) is 19.2 Å². The maximum Gasteiger partial charge on any atom is 0.490 e. The van der Waals surface area contributed by atoms with Gasteiger partial charge in [0.25, 0.3) is 0 Å². The van der Waals surface area contributed by atoms with Crippen LogP contribution >= 0.6 is 0 Å². The van der Waals surface area contributed by atoms with Crippen LogP contribution in [0, 0.1) is 0 Å². The van der Waals surface area contributed by atoms with Gasteiger partial charge in [-0.15, -0.1) is 0 Å².